The number of thioether (sulfide) groups is 1. The number of hydrogen-bond donors (Lipinski definition) is 2. The molecular formula is C37H28ClN3O5S2. The van der Waals surface area contributed by atoms with Crippen LogP contribution < -0.4 is 19.8 Å². The monoisotopic (exact) mass is 693 g/mol. The maximum atomic E-state index is 14.0. The Bertz CT molecular complexity index is 2200. The van der Waals surface area contributed by atoms with E-state index in [4.69, 9.17) is 16.3 Å². The summed E-state index contributed by atoms with van der Waals surface area (Å²) < 4.78 is 6.23. The van der Waals surface area contributed by atoms with Crippen molar-refractivity contribution in [3.05, 3.63) is 116 Å². The molecule has 240 valence electrons. The van der Waals surface area contributed by atoms with E-state index in [1.54, 1.807) is 36.0 Å². The minimum Gasteiger partial charge on any atom is -0.483 e. The van der Waals surface area contributed by atoms with Gasteiger partial charge < -0.3 is 15.0 Å². The van der Waals surface area contributed by atoms with Crippen molar-refractivity contribution in [1.82, 2.24) is 4.98 Å². The fourth-order valence-corrected chi connectivity index (χ4v) is 11.8. The van der Waals surface area contributed by atoms with Gasteiger partial charge in [-0.15, -0.1) is 11.8 Å². The lowest BCUT2D eigenvalue weighted by Gasteiger charge is -2.43. The van der Waals surface area contributed by atoms with Crippen molar-refractivity contribution in [1.29, 1.82) is 0 Å². The zero-order valence-corrected chi connectivity index (χ0v) is 27.7. The summed E-state index contributed by atoms with van der Waals surface area (Å²) >= 11 is 9.40. The van der Waals surface area contributed by atoms with E-state index in [1.165, 1.54) is 4.90 Å². The average molecular weight is 694 g/mol. The van der Waals surface area contributed by atoms with E-state index in [0.29, 0.717) is 22.1 Å². The Labute approximate surface area is 288 Å². The molecule has 4 unspecified atom stereocenters. The molecule has 4 aliphatic rings. The molecule has 11 heteroatoms. The SMILES string of the molecule is O=C(COc1ccc(Cl)cc1[C@H]1c2sc(=O)[nH]c2SC2C1[C@H]1C[C@@H]2C2C(=O)N(c3ccccc3)C(=O)C21)Nc1ccc2ccccc2c1. The van der Waals surface area contributed by atoms with Crippen molar-refractivity contribution in [3.63, 3.8) is 0 Å². The Balaban J connectivity index is 1.04. The molecule has 0 radical (unpaired) electrons. The summed E-state index contributed by atoms with van der Waals surface area (Å²) in [6, 6.07) is 28.2. The van der Waals surface area contributed by atoms with Crippen molar-refractivity contribution in [2.24, 2.45) is 29.6 Å². The first-order valence-corrected chi connectivity index (χ1v) is 18.0. The van der Waals surface area contributed by atoms with Gasteiger partial charge >= 0.3 is 4.87 Å². The highest BCUT2D eigenvalue weighted by Gasteiger charge is 2.69. The highest BCUT2D eigenvalue weighted by molar-refractivity contribution is 8.00. The van der Waals surface area contributed by atoms with Crippen LogP contribution in [0.3, 0.4) is 0 Å². The Hall–Kier alpha value is -4.38. The topological polar surface area (TPSA) is 109 Å². The normalized spacial score (nSPS) is 26.8. The summed E-state index contributed by atoms with van der Waals surface area (Å²) in [6.07, 6.45) is 0.762. The summed E-state index contributed by atoms with van der Waals surface area (Å²) in [7, 11) is 0. The number of carbonyl (C=O) groups excluding carboxylic acids is 3. The quantitative estimate of drug-likeness (QED) is 0.187. The van der Waals surface area contributed by atoms with Crippen LogP contribution in [0.25, 0.3) is 10.8 Å². The molecule has 2 saturated carbocycles. The molecule has 3 amide bonds. The molecule has 2 N–H and O–H groups in total. The van der Waals surface area contributed by atoms with Gasteiger partial charge in [0, 0.05) is 32.3 Å². The van der Waals surface area contributed by atoms with E-state index in [2.05, 4.69) is 10.3 Å². The Morgan fingerprint density at radius 3 is 2.46 bits per heavy atom. The van der Waals surface area contributed by atoms with E-state index in [0.717, 1.165) is 44.0 Å². The van der Waals surface area contributed by atoms with Crippen LogP contribution in [0.4, 0.5) is 11.4 Å². The number of para-hydroxylation sites is 1. The third-order valence-electron chi connectivity index (χ3n) is 10.4. The molecule has 1 aromatic heterocycles. The number of fused-ring (bicyclic) bond motifs is 10. The third kappa shape index (κ3) is 4.64. The summed E-state index contributed by atoms with van der Waals surface area (Å²) in [4.78, 5) is 58.9. The molecule has 1 saturated heterocycles. The van der Waals surface area contributed by atoms with Gasteiger partial charge in [0.15, 0.2) is 6.61 Å². The van der Waals surface area contributed by atoms with Crippen molar-refractivity contribution < 1.29 is 19.1 Å². The van der Waals surface area contributed by atoms with Crippen LogP contribution in [0.5, 0.6) is 5.75 Å². The van der Waals surface area contributed by atoms with E-state index < -0.39 is 11.8 Å². The number of carbonyl (C=O) groups is 3. The second kappa shape index (κ2) is 11.4. The molecule has 2 aliphatic carbocycles. The van der Waals surface area contributed by atoms with E-state index >= 15 is 0 Å². The number of anilines is 2. The predicted octanol–water partition coefficient (Wildman–Crippen LogP) is 6.94. The van der Waals surface area contributed by atoms with Gasteiger partial charge in [0.05, 0.1) is 22.5 Å². The first kappa shape index (κ1) is 29.7. The third-order valence-corrected chi connectivity index (χ3v) is 13.3. The van der Waals surface area contributed by atoms with Crippen molar-refractivity contribution in [2.45, 2.75) is 22.6 Å². The number of aromatic nitrogens is 1. The molecule has 2 aliphatic heterocycles. The Morgan fingerprint density at radius 1 is 0.896 bits per heavy atom. The highest BCUT2D eigenvalue weighted by Crippen LogP contribution is 2.69. The van der Waals surface area contributed by atoms with Gasteiger partial charge in [0.25, 0.3) is 5.91 Å². The molecule has 4 aromatic carbocycles. The highest BCUT2D eigenvalue weighted by atomic mass is 35.5. The van der Waals surface area contributed by atoms with Gasteiger partial charge in [-0.3, -0.25) is 24.1 Å². The second-order valence-corrected chi connectivity index (χ2v) is 15.5. The molecule has 8 nitrogen and oxygen atoms in total. The lowest BCUT2D eigenvalue weighted by Crippen LogP contribution is -2.42. The Kier molecular flexibility index (Phi) is 7.04. The molecule has 9 rings (SSSR count). The van der Waals surface area contributed by atoms with Crippen molar-refractivity contribution in [3.8, 4) is 5.75 Å². The minimum absolute atomic E-state index is 0.00880. The number of hydrogen-bond acceptors (Lipinski definition) is 7. The maximum Gasteiger partial charge on any atom is 0.305 e. The number of amides is 3. The predicted molar refractivity (Wildman–Crippen MR) is 187 cm³/mol. The van der Waals surface area contributed by atoms with Crippen LogP contribution in [0.15, 0.2) is 101 Å². The number of nitrogens with zero attached hydrogens (tertiary/aromatic N) is 1. The number of aromatic amines is 1. The lowest BCUT2D eigenvalue weighted by atomic mass is 9.68. The first-order chi connectivity index (χ1) is 23.4. The molecular weight excluding hydrogens is 666 g/mol. The molecule has 7 atom stereocenters. The number of benzene rings is 4. The number of ether oxygens (including phenoxy) is 1. The zero-order valence-electron chi connectivity index (χ0n) is 25.3. The Morgan fingerprint density at radius 2 is 1.65 bits per heavy atom. The van der Waals surface area contributed by atoms with Crippen LogP contribution >= 0.6 is 34.7 Å². The van der Waals surface area contributed by atoms with Crippen molar-refractivity contribution in [2.75, 3.05) is 16.8 Å². The van der Waals surface area contributed by atoms with E-state index in [9.17, 15) is 19.2 Å². The molecule has 2 bridgehead atoms. The summed E-state index contributed by atoms with van der Waals surface area (Å²) in [6.45, 7) is -0.233. The lowest BCUT2D eigenvalue weighted by molar-refractivity contribution is -0.123. The number of imide groups is 1. The zero-order chi connectivity index (χ0) is 32.7. The van der Waals surface area contributed by atoms with Crippen LogP contribution in [0.1, 0.15) is 22.8 Å². The van der Waals surface area contributed by atoms with Gasteiger partial charge in [-0.2, -0.15) is 0 Å². The smallest absolute Gasteiger partial charge is 0.305 e. The van der Waals surface area contributed by atoms with Gasteiger partial charge in [0.2, 0.25) is 11.8 Å². The fourth-order valence-electron chi connectivity index (χ4n) is 8.70. The number of halogens is 1. The molecule has 0 spiro atoms. The molecule has 5 aromatic rings. The number of rotatable bonds is 6. The standard InChI is InChI=1S/C37H28ClN3O5S2/c38-20-11-13-26(46-17-27(42)39-21-12-10-18-6-4-5-7-19(18)14-21)23(15-20)28-29-24-16-25(32(29)47-34-33(28)48-37(45)40-34)31-30(24)35(43)41(36(31)44)22-8-2-1-3-9-22/h1-15,24-25,28-32H,16-17H2,(H,39,42)(H,40,45)/t24-,25-,28-,29?,30?,31?,32?/m1/s1. The number of nitrogens with one attached hydrogen (secondary N) is 2. The van der Waals surface area contributed by atoms with Gasteiger partial charge in [-0.05, 0) is 77.4 Å². The molecule has 3 fully saturated rings. The number of H-pyrrole nitrogens is 1. The summed E-state index contributed by atoms with van der Waals surface area (Å²) in [5.74, 6) is -1.35. The van der Waals surface area contributed by atoms with E-state index in [1.807, 2.05) is 66.7 Å². The minimum atomic E-state index is -0.430. The largest absolute Gasteiger partial charge is 0.483 e. The second-order valence-electron chi connectivity index (χ2n) is 12.9. The van der Waals surface area contributed by atoms with Crippen molar-refractivity contribution >= 4 is 74.6 Å². The van der Waals surface area contributed by atoms with Crippen LogP contribution in [-0.4, -0.2) is 34.6 Å². The fraction of sp³-hybridized carbons (Fsp3) is 0.243. The van der Waals surface area contributed by atoms with E-state index in [-0.39, 0.29) is 58.1 Å². The maximum absolute atomic E-state index is 14.0. The molecule has 48 heavy (non-hydrogen) atoms. The first-order valence-electron chi connectivity index (χ1n) is 15.9. The number of thiazole rings is 1. The summed E-state index contributed by atoms with van der Waals surface area (Å²) in [5.41, 5.74) is 2.04. The van der Waals surface area contributed by atoms with Gasteiger partial charge in [-0.25, -0.2) is 0 Å². The van der Waals surface area contributed by atoms with Crippen LogP contribution in [-0.2, 0) is 14.4 Å². The van der Waals surface area contributed by atoms with Gasteiger partial charge in [0.1, 0.15) is 5.75 Å². The van der Waals surface area contributed by atoms with Crippen LogP contribution in [0.2, 0.25) is 5.02 Å². The molecule has 3 heterocycles. The summed E-state index contributed by atoms with van der Waals surface area (Å²) in [5, 5.41) is 6.33. The average Bonchev–Trinajstić information content (AvgIpc) is 3.83. The van der Waals surface area contributed by atoms with Gasteiger partial charge in [-0.1, -0.05) is 71.5 Å². The van der Waals surface area contributed by atoms with Crippen LogP contribution in [0, 0.1) is 29.6 Å².